The topological polar surface area (TPSA) is 39.2 Å². The molecule has 1 heterocycles. The molecule has 2 aromatic rings. The van der Waals surface area contributed by atoms with Crippen LogP contribution < -0.4 is 0 Å². The molecule has 2 rings (SSSR count). The van der Waals surface area contributed by atoms with Gasteiger partial charge in [-0.3, -0.25) is 9.78 Å². The number of rotatable bonds is 6. The van der Waals surface area contributed by atoms with E-state index in [1.54, 1.807) is 12.4 Å². The summed E-state index contributed by atoms with van der Waals surface area (Å²) in [5.74, 6) is -0.143. The predicted molar refractivity (Wildman–Crippen MR) is 78.3 cm³/mol. The standard InChI is InChI=1S/C17H19NO2/c1-14(13-16-9-11-18-12-10-16)20-17(19)8-7-15-5-3-2-4-6-15/h2-6,9-12,14H,7-8,13H2,1H3/t14-/m0/s1. The van der Waals surface area contributed by atoms with Crippen molar-refractivity contribution in [3.63, 3.8) is 0 Å². The molecule has 0 bridgehead atoms. The average molecular weight is 269 g/mol. The Bertz CT molecular complexity index is 525. The maximum atomic E-state index is 11.8. The first kappa shape index (κ1) is 14.3. The molecule has 0 fully saturated rings. The highest BCUT2D eigenvalue weighted by atomic mass is 16.5. The van der Waals surface area contributed by atoms with Gasteiger partial charge in [0.1, 0.15) is 6.10 Å². The minimum Gasteiger partial charge on any atom is -0.462 e. The third-order valence-electron chi connectivity index (χ3n) is 3.07. The lowest BCUT2D eigenvalue weighted by Crippen LogP contribution is -2.17. The molecule has 0 aliphatic carbocycles. The van der Waals surface area contributed by atoms with Gasteiger partial charge in [-0.05, 0) is 36.6 Å². The van der Waals surface area contributed by atoms with Gasteiger partial charge in [0.25, 0.3) is 0 Å². The van der Waals surface area contributed by atoms with Gasteiger partial charge in [-0.15, -0.1) is 0 Å². The monoisotopic (exact) mass is 269 g/mol. The lowest BCUT2D eigenvalue weighted by molar-refractivity contribution is -0.148. The normalized spacial score (nSPS) is 11.8. The summed E-state index contributed by atoms with van der Waals surface area (Å²) in [5, 5.41) is 0. The van der Waals surface area contributed by atoms with Crippen LogP contribution >= 0.6 is 0 Å². The summed E-state index contributed by atoms with van der Waals surface area (Å²) in [6, 6.07) is 13.8. The summed E-state index contributed by atoms with van der Waals surface area (Å²) in [6.07, 6.45) is 5.26. The number of aromatic nitrogens is 1. The smallest absolute Gasteiger partial charge is 0.306 e. The minimum atomic E-state index is -0.143. The van der Waals surface area contributed by atoms with Crippen molar-refractivity contribution in [1.29, 1.82) is 0 Å². The summed E-state index contributed by atoms with van der Waals surface area (Å²) in [6.45, 7) is 1.92. The molecule has 0 saturated carbocycles. The summed E-state index contributed by atoms with van der Waals surface area (Å²) >= 11 is 0. The molecule has 0 saturated heterocycles. The molecular weight excluding hydrogens is 250 g/mol. The molecule has 0 N–H and O–H groups in total. The Morgan fingerprint density at radius 3 is 2.50 bits per heavy atom. The quantitative estimate of drug-likeness (QED) is 0.756. The second-order valence-corrected chi connectivity index (χ2v) is 4.85. The van der Waals surface area contributed by atoms with Crippen LogP contribution in [0.15, 0.2) is 54.9 Å². The highest BCUT2D eigenvalue weighted by Gasteiger charge is 2.10. The number of pyridine rings is 1. The van der Waals surface area contributed by atoms with Crippen LogP contribution in [-0.2, 0) is 22.4 Å². The maximum Gasteiger partial charge on any atom is 0.306 e. The van der Waals surface area contributed by atoms with Crippen molar-refractivity contribution in [1.82, 2.24) is 4.98 Å². The molecule has 0 amide bonds. The van der Waals surface area contributed by atoms with E-state index >= 15 is 0 Å². The maximum absolute atomic E-state index is 11.8. The SMILES string of the molecule is C[C@@H](Cc1ccncc1)OC(=O)CCc1ccccc1. The van der Waals surface area contributed by atoms with E-state index in [1.807, 2.05) is 49.4 Å². The van der Waals surface area contributed by atoms with Crippen molar-refractivity contribution in [2.75, 3.05) is 0 Å². The zero-order chi connectivity index (χ0) is 14.2. The molecule has 3 heteroatoms. The summed E-state index contributed by atoms with van der Waals surface area (Å²) in [7, 11) is 0. The van der Waals surface area contributed by atoms with Crippen LogP contribution in [-0.4, -0.2) is 17.1 Å². The van der Waals surface area contributed by atoms with Crippen molar-refractivity contribution in [2.45, 2.75) is 32.3 Å². The van der Waals surface area contributed by atoms with Gasteiger partial charge in [0.2, 0.25) is 0 Å². The molecule has 1 aromatic heterocycles. The van der Waals surface area contributed by atoms with Crippen LogP contribution in [0.4, 0.5) is 0 Å². The van der Waals surface area contributed by atoms with Gasteiger partial charge in [0.15, 0.2) is 0 Å². The Morgan fingerprint density at radius 2 is 1.80 bits per heavy atom. The lowest BCUT2D eigenvalue weighted by Gasteiger charge is -2.13. The van der Waals surface area contributed by atoms with E-state index in [0.717, 1.165) is 24.0 Å². The summed E-state index contributed by atoms with van der Waals surface area (Å²) in [4.78, 5) is 15.8. The Labute approximate surface area is 119 Å². The number of benzene rings is 1. The van der Waals surface area contributed by atoms with Gasteiger partial charge < -0.3 is 4.74 Å². The number of nitrogens with zero attached hydrogens (tertiary/aromatic N) is 1. The van der Waals surface area contributed by atoms with Crippen molar-refractivity contribution in [3.05, 3.63) is 66.0 Å². The first-order valence-electron chi connectivity index (χ1n) is 6.86. The minimum absolute atomic E-state index is 0.110. The van der Waals surface area contributed by atoms with Gasteiger partial charge in [0.05, 0.1) is 0 Å². The van der Waals surface area contributed by atoms with Crippen molar-refractivity contribution >= 4 is 5.97 Å². The Hall–Kier alpha value is -2.16. The second kappa shape index (κ2) is 7.43. The molecule has 0 aliphatic heterocycles. The van der Waals surface area contributed by atoms with Gasteiger partial charge in [-0.2, -0.15) is 0 Å². The van der Waals surface area contributed by atoms with Crippen LogP contribution in [0, 0.1) is 0 Å². The van der Waals surface area contributed by atoms with E-state index in [-0.39, 0.29) is 12.1 Å². The molecule has 0 spiro atoms. The van der Waals surface area contributed by atoms with E-state index in [2.05, 4.69) is 4.98 Å². The van der Waals surface area contributed by atoms with Gasteiger partial charge in [-0.1, -0.05) is 30.3 Å². The lowest BCUT2D eigenvalue weighted by atomic mass is 10.1. The average Bonchev–Trinajstić information content (AvgIpc) is 2.47. The number of hydrogen-bond acceptors (Lipinski definition) is 3. The van der Waals surface area contributed by atoms with E-state index in [9.17, 15) is 4.79 Å². The van der Waals surface area contributed by atoms with Crippen molar-refractivity contribution in [3.8, 4) is 0 Å². The van der Waals surface area contributed by atoms with Gasteiger partial charge in [-0.25, -0.2) is 0 Å². The first-order chi connectivity index (χ1) is 9.74. The number of carbonyl (C=O) groups is 1. The molecule has 104 valence electrons. The largest absolute Gasteiger partial charge is 0.462 e. The van der Waals surface area contributed by atoms with Crippen LogP contribution in [0.3, 0.4) is 0 Å². The summed E-state index contributed by atoms with van der Waals surface area (Å²) < 4.78 is 5.42. The molecule has 3 nitrogen and oxygen atoms in total. The summed E-state index contributed by atoms with van der Waals surface area (Å²) in [5.41, 5.74) is 2.29. The Morgan fingerprint density at radius 1 is 1.10 bits per heavy atom. The fourth-order valence-corrected chi connectivity index (χ4v) is 2.07. The van der Waals surface area contributed by atoms with Crippen molar-refractivity contribution < 1.29 is 9.53 Å². The number of aryl methyl sites for hydroxylation is 1. The predicted octanol–water partition coefficient (Wildman–Crippen LogP) is 3.19. The number of ether oxygens (including phenoxy) is 1. The van der Waals surface area contributed by atoms with Crippen LogP contribution in [0.2, 0.25) is 0 Å². The molecular formula is C17H19NO2. The van der Waals surface area contributed by atoms with Gasteiger partial charge in [0, 0.05) is 25.2 Å². The Kier molecular flexibility index (Phi) is 5.30. The van der Waals surface area contributed by atoms with E-state index < -0.39 is 0 Å². The first-order valence-corrected chi connectivity index (χ1v) is 6.86. The molecule has 0 unspecified atom stereocenters. The highest BCUT2D eigenvalue weighted by molar-refractivity contribution is 5.69. The molecule has 1 atom stereocenters. The highest BCUT2D eigenvalue weighted by Crippen LogP contribution is 2.08. The Balaban J connectivity index is 1.74. The van der Waals surface area contributed by atoms with Gasteiger partial charge >= 0.3 is 5.97 Å². The number of carbonyl (C=O) groups excluding carboxylic acids is 1. The van der Waals surface area contributed by atoms with Crippen LogP contribution in [0.1, 0.15) is 24.5 Å². The molecule has 20 heavy (non-hydrogen) atoms. The molecule has 1 aromatic carbocycles. The third-order valence-corrected chi connectivity index (χ3v) is 3.07. The molecule has 0 aliphatic rings. The zero-order valence-electron chi connectivity index (χ0n) is 11.7. The fourth-order valence-electron chi connectivity index (χ4n) is 2.07. The second-order valence-electron chi connectivity index (χ2n) is 4.85. The number of hydrogen-bond donors (Lipinski definition) is 0. The fraction of sp³-hybridized carbons (Fsp3) is 0.294. The number of esters is 1. The van der Waals surface area contributed by atoms with E-state index in [4.69, 9.17) is 4.74 Å². The van der Waals surface area contributed by atoms with E-state index in [0.29, 0.717) is 6.42 Å². The zero-order valence-corrected chi connectivity index (χ0v) is 11.7. The van der Waals surface area contributed by atoms with Crippen molar-refractivity contribution in [2.24, 2.45) is 0 Å². The van der Waals surface area contributed by atoms with Crippen LogP contribution in [0.25, 0.3) is 0 Å². The third kappa shape index (κ3) is 4.84. The van der Waals surface area contributed by atoms with Crippen LogP contribution in [0.5, 0.6) is 0 Å². The molecule has 0 radical (unpaired) electrons. The van der Waals surface area contributed by atoms with E-state index in [1.165, 1.54) is 0 Å².